The van der Waals surface area contributed by atoms with Crippen molar-refractivity contribution in [1.29, 1.82) is 0 Å². The van der Waals surface area contributed by atoms with Crippen LogP contribution in [0, 0.1) is 0 Å². The van der Waals surface area contributed by atoms with E-state index in [2.05, 4.69) is 36.6 Å². The molecule has 0 spiro atoms. The van der Waals surface area contributed by atoms with Gasteiger partial charge in [0.2, 0.25) is 0 Å². The number of nitrogens with two attached hydrogens (primary N) is 1. The highest BCUT2D eigenvalue weighted by molar-refractivity contribution is 9.10. The quantitative estimate of drug-likeness (QED) is 0.593. The topological polar surface area (TPSA) is 85.1 Å². The Morgan fingerprint density at radius 3 is 2.72 bits per heavy atom. The molecule has 2 rings (SSSR count). The Kier molecular flexibility index (Phi) is 3.96. The molecule has 0 aliphatic heterocycles. The number of benzene rings is 1. The van der Waals surface area contributed by atoms with Crippen molar-refractivity contribution in [3.63, 3.8) is 0 Å². The lowest BCUT2D eigenvalue weighted by molar-refractivity contribution is 0.415. The molecule has 1 heterocycles. The third-order valence-electron chi connectivity index (χ3n) is 2.25. The molecule has 2 aromatic rings. The molecule has 0 saturated heterocycles. The van der Waals surface area contributed by atoms with Crippen LogP contribution < -0.4 is 21.3 Å². The zero-order valence-electron chi connectivity index (χ0n) is 9.64. The Morgan fingerprint density at radius 1 is 1.22 bits per heavy atom. The molecule has 0 aliphatic rings. The van der Waals surface area contributed by atoms with Crippen molar-refractivity contribution in [2.45, 2.75) is 0 Å². The molecule has 7 heteroatoms. The minimum Gasteiger partial charge on any atom is -0.497 e. The summed E-state index contributed by atoms with van der Waals surface area (Å²) in [6, 6.07) is 7.32. The van der Waals surface area contributed by atoms with Gasteiger partial charge in [-0.2, -0.15) is 0 Å². The lowest BCUT2D eigenvalue weighted by Gasteiger charge is -2.10. The van der Waals surface area contributed by atoms with Crippen LogP contribution in [0.25, 0.3) is 0 Å². The first-order valence-corrected chi connectivity index (χ1v) is 5.91. The van der Waals surface area contributed by atoms with Crippen molar-refractivity contribution in [3.05, 3.63) is 35.1 Å². The van der Waals surface area contributed by atoms with E-state index in [-0.39, 0.29) is 0 Å². The van der Waals surface area contributed by atoms with Gasteiger partial charge in [0.1, 0.15) is 23.7 Å². The van der Waals surface area contributed by atoms with Gasteiger partial charge >= 0.3 is 0 Å². The summed E-state index contributed by atoms with van der Waals surface area (Å²) < 4.78 is 6.07. The highest BCUT2D eigenvalue weighted by Gasteiger charge is 2.04. The maximum absolute atomic E-state index is 5.29. The Hall–Kier alpha value is -1.86. The molecule has 0 aliphatic carbocycles. The average molecular weight is 310 g/mol. The van der Waals surface area contributed by atoms with Gasteiger partial charge in [-0.25, -0.2) is 15.8 Å². The molecule has 1 aromatic heterocycles. The molecule has 0 unspecified atom stereocenters. The van der Waals surface area contributed by atoms with Crippen molar-refractivity contribution in [2.75, 3.05) is 17.9 Å². The molecule has 6 nitrogen and oxygen atoms in total. The number of halogens is 1. The summed E-state index contributed by atoms with van der Waals surface area (Å²) in [4.78, 5) is 8.03. The smallest absolute Gasteiger partial charge is 0.145 e. The number of anilines is 3. The van der Waals surface area contributed by atoms with Crippen molar-refractivity contribution < 1.29 is 4.74 Å². The van der Waals surface area contributed by atoms with Gasteiger partial charge in [0.15, 0.2) is 0 Å². The fourth-order valence-corrected chi connectivity index (χ4v) is 1.72. The predicted octanol–water partition coefficient (Wildman–Crippen LogP) is 2.28. The number of ether oxygens (including phenoxy) is 1. The van der Waals surface area contributed by atoms with Gasteiger partial charge in [-0.3, -0.25) is 0 Å². The number of methoxy groups -OCH3 is 1. The zero-order valence-corrected chi connectivity index (χ0v) is 11.2. The van der Waals surface area contributed by atoms with Crippen molar-refractivity contribution >= 4 is 33.3 Å². The van der Waals surface area contributed by atoms with E-state index in [0.29, 0.717) is 11.6 Å². The monoisotopic (exact) mass is 309 g/mol. The minimum absolute atomic E-state index is 0.534. The SMILES string of the molecule is COc1ccc(Br)c(Nc2cc(NN)ncn2)c1. The standard InChI is InChI=1S/C11H12BrN5O/c1-18-7-2-3-8(12)9(4-7)16-10-5-11(17-13)15-6-14-10/h2-6H,13H2,1H3,(H2,14,15,16,17). The number of nitrogen functional groups attached to an aromatic ring is 1. The van der Waals surface area contributed by atoms with Crippen LogP contribution in [0.2, 0.25) is 0 Å². The Balaban J connectivity index is 2.27. The fourth-order valence-electron chi connectivity index (χ4n) is 1.37. The van der Waals surface area contributed by atoms with Crippen LogP contribution in [0.5, 0.6) is 5.75 Å². The maximum atomic E-state index is 5.29. The minimum atomic E-state index is 0.534. The summed E-state index contributed by atoms with van der Waals surface area (Å²) in [6.07, 6.45) is 1.42. The van der Waals surface area contributed by atoms with Crippen molar-refractivity contribution in [2.24, 2.45) is 5.84 Å². The number of nitrogens with zero attached hydrogens (tertiary/aromatic N) is 2. The predicted molar refractivity (Wildman–Crippen MR) is 73.8 cm³/mol. The Bertz CT molecular complexity index is 549. The second kappa shape index (κ2) is 5.65. The number of aromatic nitrogens is 2. The van der Waals surface area contributed by atoms with Gasteiger partial charge in [-0.1, -0.05) is 0 Å². The summed E-state index contributed by atoms with van der Waals surface area (Å²) in [5, 5.41) is 3.15. The number of rotatable bonds is 4. The third-order valence-corrected chi connectivity index (χ3v) is 2.94. The van der Waals surface area contributed by atoms with E-state index in [1.807, 2.05) is 18.2 Å². The van der Waals surface area contributed by atoms with Crippen molar-refractivity contribution in [3.8, 4) is 5.75 Å². The van der Waals surface area contributed by atoms with Gasteiger partial charge in [-0.15, -0.1) is 0 Å². The summed E-state index contributed by atoms with van der Waals surface area (Å²) in [7, 11) is 1.62. The summed E-state index contributed by atoms with van der Waals surface area (Å²) in [5.41, 5.74) is 3.31. The van der Waals surface area contributed by atoms with E-state index in [1.165, 1.54) is 6.33 Å². The molecular weight excluding hydrogens is 298 g/mol. The molecule has 94 valence electrons. The van der Waals surface area contributed by atoms with E-state index in [1.54, 1.807) is 13.2 Å². The summed E-state index contributed by atoms with van der Waals surface area (Å²) in [5.74, 6) is 7.21. The zero-order chi connectivity index (χ0) is 13.0. The van der Waals surface area contributed by atoms with E-state index in [0.717, 1.165) is 15.9 Å². The molecular formula is C11H12BrN5O. The van der Waals surface area contributed by atoms with E-state index in [4.69, 9.17) is 10.6 Å². The Labute approximate surface area is 113 Å². The molecule has 0 radical (unpaired) electrons. The second-order valence-electron chi connectivity index (χ2n) is 3.40. The lowest BCUT2D eigenvalue weighted by Crippen LogP contribution is -2.09. The molecule has 1 aromatic carbocycles. The summed E-state index contributed by atoms with van der Waals surface area (Å²) >= 11 is 3.45. The third kappa shape index (κ3) is 2.88. The number of hydrogen-bond donors (Lipinski definition) is 3. The Morgan fingerprint density at radius 2 is 2.00 bits per heavy atom. The average Bonchev–Trinajstić information content (AvgIpc) is 2.41. The number of hydrazine groups is 1. The number of hydrogen-bond acceptors (Lipinski definition) is 6. The van der Waals surface area contributed by atoms with Crippen molar-refractivity contribution in [1.82, 2.24) is 9.97 Å². The first-order chi connectivity index (χ1) is 8.72. The molecule has 0 fully saturated rings. The van der Waals surface area contributed by atoms with Crippen LogP contribution >= 0.6 is 15.9 Å². The van der Waals surface area contributed by atoms with Gasteiger partial charge in [0, 0.05) is 16.6 Å². The molecule has 18 heavy (non-hydrogen) atoms. The van der Waals surface area contributed by atoms with Crippen LogP contribution in [-0.2, 0) is 0 Å². The maximum Gasteiger partial charge on any atom is 0.145 e. The molecule has 4 N–H and O–H groups in total. The van der Waals surface area contributed by atoms with E-state index >= 15 is 0 Å². The van der Waals surface area contributed by atoms with E-state index in [9.17, 15) is 0 Å². The van der Waals surface area contributed by atoms with Crippen LogP contribution in [0.3, 0.4) is 0 Å². The molecule has 0 atom stereocenters. The first-order valence-electron chi connectivity index (χ1n) is 5.12. The normalized spacial score (nSPS) is 9.94. The largest absolute Gasteiger partial charge is 0.497 e. The second-order valence-corrected chi connectivity index (χ2v) is 4.26. The molecule has 0 bridgehead atoms. The molecule has 0 amide bonds. The highest BCUT2D eigenvalue weighted by atomic mass is 79.9. The van der Waals surface area contributed by atoms with Gasteiger partial charge in [0.05, 0.1) is 12.8 Å². The van der Waals surface area contributed by atoms with Gasteiger partial charge < -0.3 is 15.5 Å². The molecule has 0 saturated carbocycles. The van der Waals surface area contributed by atoms with Crippen LogP contribution in [0.15, 0.2) is 35.1 Å². The van der Waals surface area contributed by atoms with E-state index < -0.39 is 0 Å². The summed E-state index contributed by atoms with van der Waals surface area (Å²) in [6.45, 7) is 0. The lowest BCUT2D eigenvalue weighted by atomic mass is 10.3. The van der Waals surface area contributed by atoms with Gasteiger partial charge in [0.25, 0.3) is 0 Å². The van der Waals surface area contributed by atoms with Crippen LogP contribution in [0.4, 0.5) is 17.3 Å². The fraction of sp³-hybridized carbons (Fsp3) is 0.0909. The van der Waals surface area contributed by atoms with Crippen LogP contribution in [-0.4, -0.2) is 17.1 Å². The number of nitrogens with one attached hydrogen (secondary N) is 2. The highest BCUT2D eigenvalue weighted by Crippen LogP contribution is 2.29. The van der Waals surface area contributed by atoms with Gasteiger partial charge in [-0.05, 0) is 28.1 Å². The first kappa shape index (κ1) is 12.6. The van der Waals surface area contributed by atoms with Crippen LogP contribution in [0.1, 0.15) is 0 Å².